The first-order chi connectivity index (χ1) is 28.0. The van der Waals surface area contributed by atoms with Crippen molar-refractivity contribution in [3.63, 3.8) is 0 Å². The van der Waals surface area contributed by atoms with Crippen LogP contribution in [-0.2, 0) is 22.7 Å². The van der Waals surface area contributed by atoms with Gasteiger partial charge < -0.3 is 23.0 Å². The van der Waals surface area contributed by atoms with Crippen LogP contribution in [0.5, 0.6) is 5.75 Å². The van der Waals surface area contributed by atoms with E-state index < -0.39 is 0 Å². The van der Waals surface area contributed by atoms with Gasteiger partial charge in [0.1, 0.15) is 24.6 Å². The Bertz CT molecular complexity index is 2470. The van der Waals surface area contributed by atoms with E-state index in [1.165, 1.54) is 0 Å². The molecule has 0 radical (unpaired) electrons. The third-order valence-electron chi connectivity index (χ3n) is 10.4. The van der Waals surface area contributed by atoms with Gasteiger partial charge in [-0.3, -0.25) is 9.80 Å². The topological polar surface area (TPSA) is 103 Å². The van der Waals surface area contributed by atoms with E-state index in [4.69, 9.17) is 24.2 Å². The quantitative estimate of drug-likeness (QED) is 0.150. The first-order valence-corrected chi connectivity index (χ1v) is 19.9. The van der Waals surface area contributed by atoms with E-state index in [2.05, 4.69) is 15.9 Å². The van der Waals surface area contributed by atoms with E-state index >= 15 is 0 Å². The van der Waals surface area contributed by atoms with Crippen LogP contribution in [0.15, 0.2) is 138 Å². The fourth-order valence-electron chi connectivity index (χ4n) is 7.62. The molecule has 6 heterocycles. The lowest BCUT2D eigenvalue weighted by Crippen LogP contribution is -2.31. The van der Waals surface area contributed by atoms with Crippen LogP contribution in [0.4, 0.5) is 9.59 Å². The summed E-state index contributed by atoms with van der Waals surface area (Å²) in [7, 11) is 1.67. The number of aromatic nitrogens is 4. The molecule has 57 heavy (non-hydrogen) atoms. The lowest BCUT2D eigenvalue weighted by atomic mass is 10.1. The molecule has 2 aliphatic rings. The summed E-state index contributed by atoms with van der Waals surface area (Å²) < 4.78 is 21.6. The van der Waals surface area contributed by atoms with E-state index in [0.29, 0.717) is 19.7 Å². The Morgan fingerprint density at radius 1 is 0.632 bits per heavy atom. The minimum atomic E-state index is -0.293. The predicted molar refractivity (Wildman–Crippen MR) is 221 cm³/mol. The molecule has 11 nitrogen and oxygen atoms in total. The molecular weight excluding hydrogens is 784 g/mol. The third-order valence-corrected chi connectivity index (χ3v) is 11.0. The van der Waals surface area contributed by atoms with Gasteiger partial charge in [-0.2, -0.15) is 0 Å². The van der Waals surface area contributed by atoms with Crippen molar-refractivity contribution in [1.82, 2.24) is 28.6 Å². The molecule has 12 heteroatoms. The summed E-state index contributed by atoms with van der Waals surface area (Å²) in [4.78, 5) is 38.6. The summed E-state index contributed by atoms with van der Waals surface area (Å²) in [6.45, 7) is 1.93. The molecule has 0 spiro atoms. The minimum absolute atomic E-state index is 0.0323. The minimum Gasteiger partial charge on any atom is -0.496 e. The van der Waals surface area contributed by atoms with Crippen molar-refractivity contribution in [2.75, 3.05) is 20.2 Å². The Balaban J connectivity index is 0.000000165. The van der Waals surface area contributed by atoms with Gasteiger partial charge in [0.25, 0.3) is 0 Å². The lowest BCUT2D eigenvalue weighted by Gasteiger charge is -2.22. The van der Waals surface area contributed by atoms with Crippen LogP contribution in [0.25, 0.3) is 22.4 Å². The highest BCUT2D eigenvalue weighted by molar-refractivity contribution is 9.10. The Morgan fingerprint density at radius 2 is 1.12 bits per heavy atom. The van der Waals surface area contributed by atoms with Crippen LogP contribution in [0.2, 0.25) is 0 Å². The van der Waals surface area contributed by atoms with Crippen molar-refractivity contribution >= 4 is 39.4 Å². The molecular formula is C45H43BrN6O5. The van der Waals surface area contributed by atoms with Gasteiger partial charge in [0.15, 0.2) is 5.65 Å². The average Bonchev–Trinajstić information content (AvgIpc) is 4.09. The number of imidazole rings is 2. The Morgan fingerprint density at radius 3 is 1.68 bits per heavy atom. The molecule has 2 fully saturated rings. The second-order valence-electron chi connectivity index (χ2n) is 14.1. The van der Waals surface area contributed by atoms with Crippen molar-refractivity contribution in [2.45, 2.75) is 51.0 Å². The number of nitrogens with zero attached hydrogens (tertiary/aromatic N) is 6. The maximum absolute atomic E-state index is 12.8. The number of hydrogen-bond donors (Lipinski definition) is 0. The molecule has 3 aromatic carbocycles. The fourth-order valence-corrected chi connectivity index (χ4v) is 8.06. The second-order valence-corrected chi connectivity index (χ2v) is 14.9. The molecule has 290 valence electrons. The smallest absolute Gasteiger partial charge is 0.410 e. The van der Waals surface area contributed by atoms with Gasteiger partial charge in [-0.05, 0) is 83.1 Å². The van der Waals surface area contributed by atoms with Gasteiger partial charge in [-0.15, -0.1) is 0 Å². The molecule has 4 aromatic heterocycles. The molecule has 9 rings (SSSR count). The summed E-state index contributed by atoms with van der Waals surface area (Å²) in [6, 6.07) is 35.3. The average molecular weight is 828 g/mol. The van der Waals surface area contributed by atoms with Crippen molar-refractivity contribution in [2.24, 2.45) is 0 Å². The van der Waals surface area contributed by atoms with Crippen LogP contribution >= 0.6 is 15.9 Å². The number of pyridine rings is 2. The number of benzene rings is 3. The molecule has 7 aromatic rings. The number of carbonyl (C=O) groups is 2. The highest BCUT2D eigenvalue weighted by Gasteiger charge is 2.34. The van der Waals surface area contributed by atoms with Crippen LogP contribution in [0, 0.1) is 0 Å². The molecule has 0 saturated carbocycles. The van der Waals surface area contributed by atoms with Crippen molar-refractivity contribution in [1.29, 1.82) is 0 Å². The van der Waals surface area contributed by atoms with E-state index in [-0.39, 0.29) is 30.9 Å². The van der Waals surface area contributed by atoms with Crippen molar-refractivity contribution < 1.29 is 23.8 Å². The maximum atomic E-state index is 12.8. The summed E-state index contributed by atoms with van der Waals surface area (Å²) in [5.74, 6) is 0.803. The summed E-state index contributed by atoms with van der Waals surface area (Å²) in [5.41, 5.74) is 7.44. The fraction of sp³-hybridized carbons (Fsp3) is 0.244. The lowest BCUT2D eigenvalue weighted by molar-refractivity contribution is 0.0909. The predicted octanol–water partition coefficient (Wildman–Crippen LogP) is 10.1. The summed E-state index contributed by atoms with van der Waals surface area (Å²) in [5, 5.41) is 0. The third kappa shape index (κ3) is 8.36. The van der Waals surface area contributed by atoms with Gasteiger partial charge in [-0.1, -0.05) is 78.9 Å². The number of rotatable bonds is 8. The number of fused-ring (bicyclic) bond motifs is 2. The highest BCUT2D eigenvalue weighted by Crippen LogP contribution is 2.36. The van der Waals surface area contributed by atoms with E-state index in [9.17, 15) is 9.59 Å². The molecule has 0 aliphatic carbocycles. The Labute approximate surface area is 339 Å². The number of likely N-dealkylation sites (tertiary alicyclic amines) is 2. The van der Waals surface area contributed by atoms with Gasteiger partial charge >= 0.3 is 12.2 Å². The number of halogens is 1. The van der Waals surface area contributed by atoms with Crippen LogP contribution < -0.4 is 4.74 Å². The van der Waals surface area contributed by atoms with Gasteiger partial charge in [0, 0.05) is 49.0 Å². The molecule has 2 aliphatic heterocycles. The first kappa shape index (κ1) is 37.8. The Kier molecular flexibility index (Phi) is 11.5. The van der Waals surface area contributed by atoms with Gasteiger partial charge in [0.05, 0.1) is 35.1 Å². The monoisotopic (exact) mass is 826 g/mol. The Hall–Kier alpha value is -6.14. The summed E-state index contributed by atoms with van der Waals surface area (Å²) in [6.07, 6.45) is 11.0. The normalized spacial score (nSPS) is 16.4. The number of amides is 2. The molecule has 2 atom stereocenters. The van der Waals surface area contributed by atoms with E-state index in [1.54, 1.807) is 16.9 Å². The largest absolute Gasteiger partial charge is 0.496 e. The standard InChI is InChI=1S/C26H25N3O3.C19H18BrN3O2/c1-31-24-14-6-5-11-20(24)21-12-7-15-28-17-22(27-25(21)28)23-13-8-16-29(23)26(30)32-18-19-9-3-2-4-10-19;20-15-8-4-10-22-12-16(21-18(15)22)17-9-5-11-23(17)19(24)25-13-14-6-2-1-3-7-14/h2-7,9-12,14-15,17,23H,8,13,16,18H2,1H3;1-4,6-8,10,12,17H,5,9,11,13H2/t23-;17-/m00/s1. The zero-order valence-electron chi connectivity index (χ0n) is 31.6. The second kappa shape index (κ2) is 17.3. The molecule has 0 unspecified atom stereocenters. The van der Waals surface area contributed by atoms with Crippen molar-refractivity contribution in [3.8, 4) is 16.9 Å². The zero-order chi connectivity index (χ0) is 39.1. The highest BCUT2D eigenvalue weighted by atomic mass is 79.9. The van der Waals surface area contributed by atoms with Gasteiger partial charge in [0.2, 0.25) is 0 Å². The van der Waals surface area contributed by atoms with Crippen LogP contribution in [0.1, 0.15) is 60.3 Å². The number of ether oxygens (including phenoxy) is 3. The van der Waals surface area contributed by atoms with E-state index in [0.717, 1.165) is 80.8 Å². The zero-order valence-corrected chi connectivity index (χ0v) is 33.2. The van der Waals surface area contributed by atoms with Gasteiger partial charge in [-0.25, -0.2) is 19.6 Å². The maximum Gasteiger partial charge on any atom is 0.410 e. The van der Waals surface area contributed by atoms with Crippen LogP contribution in [0.3, 0.4) is 0 Å². The molecule has 0 bridgehead atoms. The molecule has 0 N–H and O–H groups in total. The molecule has 2 saturated heterocycles. The number of methoxy groups -OCH3 is 1. The molecule has 2 amide bonds. The number of carbonyl (C=O) groups excluding carboxylic acids is 2. The number of para-hydroxylation sites is 1. The van der Waals surface area contributed by atoms with E-state index in [1.807, 2.05) is 143 Å². The first-order valence-electron chi connectivity index (χ1n) is 19.2. The van der Waals surface area contributed by atoms with Crippen LogP contribution in [-0.4, -0.2) is 61.0 Å². The number of hydrogen-bond acceptors (Lipinski definition) is 7. The SMILES string of the molecule is COc1ccccc1-c1cccn2cc([C@@H]3CCCN3C(=O)OCc3ccccc3)nc12.O=C(OCc1ccccc1)N1CCC[C@H]1c1cn2cccc(Br)c2n1. The van der Waals surface area contributed by atoms with Crippen molar-refractivity contribution in [3.05, 3.63) is 161 Å². The summed E-state index contributed by atoms with van der Waals surface area (Å²) >= 11 is 3.52.